The van der Waals surface area contributed by atoms with E-state index in [0.717, 1.165) is 5.69 Å². The predicted octanol–water partition coefficient (Wildman–Crippen LogP) is 2.28. The Morgan fingerprint density at radius 2 is 1.46 bits per heavy atom. The highest BCUT2D eigenvalue weighted by Gasteiger charge is 2.27. The smallest absolute Gasteiger partial charge is 0.253 e. The van der Waals surface area contributed by atoms with Gasteiger partial charge in [-0.3, -0.25) is 14.4 Å². The molecule has 2 aromatic carbocycles. The number of hydrogen-bond acceptors (Lipinski definition) is 3. The Morgan fingerprint density at radius 3 is 2.04 bits per heavy atom. The number of anilines is 1. The Labute approximate surface area is 152 Å². The van der Waals surface area contributed by atoms with E-state index in [1.54, 1.807) is 29.2 Å². The normalized spacial score (nSPS) is 14.7. The largest absolute Gasteiger partial charge is 0.366 e. The van der Waals surface area contributed by atoms with Crippen LogP contribution in [0.4, 0.5) is 5.69 Å². The van der Waals surface area contributed by atoms with Crippen molar-refractivity contribution in [3.8, 4) is 0 Å². The molecule has 3 N–H and O–H groups in total. The highest BCUT2D eigenvalue weighted by molar-refractivity contribution is 5.97. The molecule has 0 atom stereocenters. The van der Waals surface area contributed by atoms with Crippen molar-refractivity contribution >= 4 is 23.4 Å². The zero-order valence-electron chi connectivity index (χ0n) is 14.4. The summed E-state index contributed by atoms with van der Waals surface area (Å²) < 4.78 is 0. The monoisotopic (exact) mass is 351 g/mol. The molecule has 0 bridgehead atoms. The molecule has 0 spiro atoms. The Balaban J connectivity index is 1.55. The molecule has 134 valence electrons. The predicted molar refractivity (Wildman–Crippen MR) is 98.7 cm³/mol. The molecule has 6 heteroatoms. The van der Waals surface area contributed by atoms with Crippen LogP contribution in [0.2, 0.25) is 0 Å². The Morgan fingerprint density at radius 1 is 0.885 bits per heavy atom. The summed E-state index contributed by atoms with van der Waals surface area (Å²) in [4.78, 5) is 37.8. The van der Waals surface area contributed by atoms with Gasteiger partial charge in [0.1, 0.15) is 0 Å². The van der Waals surface area contributed by atoms with Gasteiger partial charge in [0.2, 0.25) is 11.8 Å². The molecule has 2 aromatic rings. The van der Waals surface area contributed by atoms with Gasteiger partial charge in [0.15, 0.2) is 0 Å². The van der Waals surface area contributed by atoms with Crippen LogP contribution in [0, 0.1) is 5.92 Å². The number of carbonyl (C=O) groups excluding carboxylic acids is 3. The molecule has 0 aromatic heterocycles. The lowest BCUT2D eigenvalue weighted by molar-refractivity contribution is -0.121. The summed E-state index contributed by atoms with van der Waals surface area (Å²) in [5.41, 5.74) is 6.88. The third-order valence-corrected chi connectivity index (χ3v) is 4.61. The van der Waals surface area contributed by atoms with Crippen molar-refractivity contribution in [3.05, 3.63) is 65.7 Å². The number of nitrogens with zero attached hydrogens (tertiary/aromatic N) is 1. The SMILES string of the molecule is NC(=O)c1ccc(C(=O)N2CCC(C(=O)Nc3ccccc3)CC2)cc1. The molecule has 1 fully saturated rings. The molecule has 26 heavy (non-hydrogen) atoms. The van der Waals surface area contributed by atoms with Crippen LogP contribution in [0.3, 0.4) is 0 Å². The average molecular weight is 351 g/mol. The molecular formula is C20H21N3O3. The van der Waals surface area contributed by atoms with Gasteiger partial charge in [0.25, 0.3) is 5.91 Å². The van der Waals surface area contributed by atoms with Crippen LogP contribution in [0.5, 0.6) is 0 Å². The number of hydrogen-bond donors (Lipinski definition) is 2. The highest BCUT2D eigenvalue weighted by atomic mass is 16.2. The van der Waals surface area contributed by atoms with E-state index >= 15 is 0 Å². The van der Waals surface area contributed by atoms with Crippen LogP contribution in [0.15, 0.2) is 54.6 Å². The highest BCUT2D eigenvalue weighted by Crippen LogP contribution is 2.21. The second-order valence-corrected chi connectivity index (χ2v) is 6.36. The molecule has 6 nitrogen and oxygen atoms in total. The van der Waals surface area contributed by atoms with Gasteiger partial charge in [0.05, 0.1) is 0 Å². The third kappa shape index (κ3) is 4.08. The Kier molecular flexibility index (Phi) is 5.31. The van der Waals surface area contributed by atoms with E-state index in [2.05, 4.69) is 5.32 Å². The fourth-order valence-electron chi connectivity index (χ4n) is 3.07. The van der Waals surface area contributed by atoms with Crippen molar-refractivity contribution in [1.82, 2.24) is 4.90 Å². The number of nitrogens with two attached hydrogens (primary N) is 1. The lowest BCUT2D eigenvalue weighted by Gasteiger charge is -2.31. The van der Waals surface area contributed by atoms with E-state index in [4.69, 9.17) is 5.73 Å². The molecule has 1 aliphatic heterocycles. The number of primary amides is 1. The molecule has 0 aliphatic carbocycles. The first-order chi connectivity index (χ1) is 12.5. The molecule has 1 heterocycles. The Bertz CT molecular complexity index is 795. The van der Waals surface area contributed by atoms with Gasteiger partial charge in [0, 0.05) is 35.8 Å². The number of carbonyl (C=O) groups is 3. The molecule has 3 amide bonds. The summed E-state index contributed by atoms with van der Waals surface area (Å²) >= 11 is 0. The second-order valence-electron chi connectivity index (χ2n) is 6.36. The van der Waals surface area contributed by atoms with E-state index in [0.29, 0.717) is 37.1 Å². The van der Waals surface area contributed by atoms with Gasteiger partial charge >= 0.3 is 0 Å². The van der Waals surface area contributed by atoms with Crippen molar-refractivity contribution in [2.45, 2.75) is 12.8 Å². The summed E-state index contributed by atoms with van der Waals surface area (Å²) in [6.45, 7) is 1.06. The lowest BCUT2D eigenvalue weighted by Crippen LogP contribution is -2.41. The molecule has 0 radical (unpaired) electrons. The van der Waals surface area contributed by atoms with Crippen molar-refractivity contribution in [2.75, 3.05) is 18.4 Å². The molecule has 1 saturated heterocycles. The molecule has 0 saturated carbocycles. The summed E-state index contributed by atoms with van der Waals surface area (Å²) in [6.07, 6.45) is 1.26. The third-order valence-electron chi connectivity index (χ3n) is 4.61. The number of amides is 3. The van der Waals surface area contributed by atoms with Crippen LogP contribution in [0.25, 0.3) is 0 Å². The van der Waals surface area contributed by atoms with Gasteiger partial charge in [-0.05, 0) is 49.2 Å². The van der Waals surface area contributed by atoms with E-state index in [-0.39, 0.29) is 17.7 Å². The standard InChI is InChI=1S/C20H21N3O3/c21-18(24)14-6-8-16(9-7-14)20(26)23-12-10-15(11-13-23)19(25)22-17-4-2-1-3-5-17/h1-9,15H,10-13H2,(H2,21,24)(H,22,25). The lowest BCUT2D eigenvalue weighted by atomic mass is 9.95. The van der Waals surface area contributed by atoms with Gasteiger partial charge in [-0.2, -0.15) is 0 Å². The maximum absolute atomic E-state index is 12.6. The zero-order chi connectivity index (χ0) is 18.5. The van der Waals surface area contributed by atoms with Crippen molar-refractivity contribution in [2.24, 2.45) is 11.7 Å². The number of nitrogens with one attached hydrogen (secondary N) is 1. The van der Waals surface area contributed by atoms with Crippen LogP contribution in [-0.4, -0.2) is 35.7 Å². The minimum atomic E-state index is -0.519. The summed E-state index contributed by atoms with van der Waals surface area (Å²) in [5.74, 6) is -0.720. The molecule has 1 aliphatic rings. The minimum absolute atomic E-state index is 0.00545. The topological polar surface area (TPSA) is 92.5 Å². The van der Waals surface area contributed by atoms with E-state index in [1.165, 1.54) is 0 Å². The van der Waals surface area contributed by atoms with Crippen molar-refractivity contribution < 1.29 is 14.4 Å². The van der Waals surface area contributed by atoms with Gasteiger partial charge < -0.3 is 16.0 Å². The molecule has 0 unspecified atom stereocenters. The number of para-hydroxylation sites is 1. The van der Waals surface area contributed by atoms with Crippen LogP contribution >= 0.6 is 0 Å². The Hall–Kier alpha value is -3.15. The summed E-state index contributed by atoms with van der Waals surface area (Å²) in [7, 11) is 0. The van der Waals surface area contributed by atoms with Crippen molar-refractivity contribution in [1.29, 1.82) is 0 Å². The second kappa shape index (κ2) is 7.82. The van der Waals surface area contributed by atoms with E-state index in [9.17, 15) is 14.4 Å². The fourth-order valence-corrected chi connectivity index (χ4v) is 3.07. The number of likely N-dealkylation sites (tertiary alicyclic amines) is 1. The first kappa shape index (κ1) is 17.7. The van der Waals surface area contributed by atoms with E-state index < -0.39 is 5.91 Å². The number of benzene rings is 2. The minimum Gasteiger partial charge on any atom is -0.366 e. The van der Waals surface area contributed by atoms with Crippen LogP contribution in [-0.2, 0) is 4.79 Å². The van der Waals surface area contributed by atoms with Crippen LogP contribution in [0.1, 0.15) is 33.6 Å². The summed E-state index contributed by atoms with van der Waals surface area (Å²) in [6, 6.07) is 15.7. The average Bonchev–Trinajstić information content (AvgIpc) is 2.68. The first-order valence-corrected chi connectivity index (χ1v) is 8.59. The zero-order valence-corrected chi connectivity index (χ0v) is 14.4. The van der Waals surface area contributed by atoms with Crippen LogP contribution < -0.4 is 11.1 Å². The first-order valence-electron chi connectivity index (χ1n) is 8.59. The van der Waals surface area contributed by atoms with E-state index in [1.807, 2.05) is 30.3 Å². The number of rotatable bonds is 4. The maximum Gasteiger partial charge on any atom is 0.253 e. The maximum atomic E-state index is 12.6. The fraction of sp³-hybridized carbons (Fsp3) is 0.250. The molecule has 3 rings (SSSR count). The quantitative estimate of drug-likeness (QED) is 0.885. The number of piperidine rings is 1. The van der Waals surface area contributed by atoms with Gasteiger partial charge in [-0.15, -0.1) is 0 Å². The summed E-state index contributed by atoms with van der Waals surface area (Å²) in [5, 5.41) is 2.92. The van der Waals surface area contributed by atoms with Gasteiger partial charge in [-0.1, -0.05) is 18.2 Å². The van der Waals surface area contributed by atoms with Gasteiger partial charge in [-0.25, -0.2) is 0 Å². The molecular weight excluding hydrogens is 330 g/mol. The van der Waals surface area contributed by atoms with Crippen molar-refractivity contribution in [3.63, 3.8) is 0 Å².